The van der Waals surface area contributed by atoms with Crippen molar-refractivity contribution < 1.29 is 4.79 Å². The van der Waals surface area contributed by atoms with Crippen molar-refractivity contribution in [2.45, 2.75) is 26.7 Å². The molecule has 0 aliphatic rings. The number of rotatable bonds is 3. The standard InChI is InChI=1S/C15H17NO/c1-3-12-10-14(13-8-6-5-7-9-13)16(11-12)15(17)4-2/h5-11H,3-4H2,1-2H3. The minimum Gasteiger partial charge on any atom is -0.287 e. The summed E-state index contributed by atoms with van der Waals surface area (Å²) in [6.07, 6.45) is 3.43. The van der Waals surface area contributed by atoms with Crippen LogP contribution in [-0.4, -0.2) is 10.5 Å². The van der Waals surface area contributed by atoms with E-state index in [1.165, 1.54) is 5.56 Å². The Morgan fingerprint density at radius 2 is 1.88 bits per heavy atom. The molecule has 0 bridgehead atoms. The minimum atomic E-state index is 0.142. The van der Waals surface area contributed by atoms with Gasteiger partial charge < -0.3 is 0 Å². The molecule has 1 aromatic carbocycles. The highest BCUT2D eigenvalue weighted by Crippen LogP contribution is 2.23. The summed E-state index contributed by atoms with van der Waals surface area (Å²) in [5.74, 6) is 0.142. The smallest absolute Gasteiger partial charge is 0.230 e. The lowest BCUT2D eigenvalue weighted by Gasteiger charge is -2.06. The van der Waals surface area contributed by atoms with Gasteiger partial charge >= 0.3 is 0 Å². The molecule has 17 heavy (non-hydrogen) atoms. The second kappa shape index (κ2) is 5.00. The highest BCUT2D eigenvalue weighted by Gasteiger charge is 2.11. The molecule has 0 aliphatic carbocycles. The van der Waals surface area contributed by atoms with Gasteiger partial charge in [0.1, 0.15) is 0 Å². The lowest BCUT2D eigenvalue weighted by atomic mass is 10.1. The van der Waals surface area contributed by atoms with Gasteiger partial charge in [0.2, 0.25) is 5.91 Å². The van der Waals surface area contributed by atoms with Gasteiger partial charge in [-0.05, 0) is 23.6 Å². The first-order valence-corrected chi connectivity index (χ1v) is 6.06. The molecule has 1 heterocycles. The summed E-state index contributed by atoms with van der Waals surface area (Å²) in [6, 6.07) is 12.1. The van der Waals surface area contributed by atoms with Crippen molar-refractivity contribution in [3.8, 4) is 11.3 Å². The van der Waals surface area contributed by atoms with Crippen LogP contribution in [-0.2, 0) is 6.42 Å². The van der Waals surface area contributed by atoms with Gasteiger partial charge in [-0.1, -0.05) is 44.2 Å². The third-order valence-corrected chi connectivity index (χ3v) is 2.93. The summed E-state index contributed by atoms with van der Waals surface area (Å²) in [4.78, 5) is 11.9. The predicted octanol–water partition coefficient (Wildman–Crippen LogP) is 3.77. The van der Waals surface area contributed by atoms with E-state index in [9.17, 15) is 4.79 Å². The van der Waals surface area contributed by atoms with E-state index in [2.05, 4.69) is 13.0 Å². The molecular weight excluding hydrogens is 210 g/mol. The number of hydrogen-bond donors (Lipinski definition) is 0. The Kier molecular flexibility index (Phi) is 3.43. The van der Waals surface area contributed by atoms with Crippen LogP contribution in [0.4, 0.5) is 0 Å². The van der Waals surface area contributed by atoms with Gasteiger partial charge in [0.15, 0.2) is 0 Å². The Morgan fingerprint density at radius 3 is 2.47 bits per heavy atom. The fraction of sp³-hybridized carbons (Fsp3) is 0.267. The van der Waals surface area contributed by atoms with E-state index in [0.717, 1.165) is 17.7 Å². The maximum atomic E-state index is 11.9. The van der Waals surface area contributed by atoms with Gasteiger partial charge in [-0.15, -0.1) is 0 Å². The van der Waals surface area contributed by atoms with Crippen molar-refractivity contribution in [2.75, 3.05) is 0 Å². The molecule has 2 aromatic rings. The number of carbonyl (C=O) groups excluding carboxylic acids is 1. The summed E-state index contributed by atoms with van der Waals surface area (Å²) in [7, 11) is 0. The monoisotopic (exact) mass is 227 g/mol. The molecule has 0 aliphatic heterocycles. The lowest BCUT2D eigenvalue weighted by molar-refractivity contribution is 0.0911. The van der Waals surface area contributed by atoms with E-state index in [0.29, 0.717) is 6.42 Å². The number of nitrogens with zero attached hydrogens (tertiary/aromatic N) is 1. The Balaban J connectivity index is 2.52. The maximum Gasteiger partial charge on any atom is 0.230 e. The molecule has 2 rings (SSSR count). The number of benzene rings is 1. The van der Waals surface area contributed by atoms with Crippen LogP contribution in [0.1, 0.15) is 30.6 Å². The van der Waals surface area contributed by atoms with Crippen LogP contribution in [0, 0.1) is 0 Å². The van der Waals surface area contributed by atoms with Gasteiger partial charge in [0, 0.05) is 12.6 Å². The van der Waals surface area contributed by atoms with E-state index >= 15 is 0 Å². The molecule has 0 unspecified atom stereocenters. The first kappa shape index (κ1) is 11.6. The van der Waals surface area contributed by atoms with E-state index in [-0.39, 0.29) is 5.91 Å². The first-order chi connectivity index (χ1) is 8.26. The molecule has 1 aromatic heterocycles. The van der Waals surface area contributed by atoms with Crippen LogP contribution in [0.5, 0.6) is 0 Å². The zero-order chi connectivity index (χ0) is 12.3. The van der Waals surface area contributed by atoms with Crippen LogP contribution in [0.2, 0.25) is 0 Å². The van der Waals surface area contributed by atoms with E-state index < -0.39 is 0 Å². The van der Waals surface area contributed by atoms with Gasteiger partial charge in [0.25, 0.3) is 0 Å². The Labute approximate surface area is 102 Å². The van der Waals surface area contributed by atoms with Gasteiger partial charge in [0.05, 0.1) is 5.69 Å². The van der Waals surface area contributed by atoms with Gasteiger partial charge in [-0.3, -0.25) is 9.36 Å². The summed E-state index contributed by atoms with van der Waals surface area (Å²) in [5.41, 5.74) is 3.29. The van der Waals surface area contributed by atoms with Crippen molar-refractivity contribution in [2.24, 2.45) is 0 Å². The summed E-state index contributed by atoms with van der Waals surface area (Å²) in [6.45, 7) is 3.99. The summed E-state index contributed by atoms with van der Waals surface area (Å²) < 4.78 is 1.77. The Morgan fingerprint density at radius 1 is 1.18 bits per heavy atom. The fourth-order valence-electron chi connectivity index (χ4n) is 1.92. The van der Waals surface area contributed by atoms with Crippen molar-refractivity contribution in [3.05, 3.63) is 48.2 Å². The molecule has 0 radical (unpaired) electrons. The molecule has 2 nitrogen and oxygen atoms in total. The zero-order valence-electron chi connectivity index (χ0n) is 10.3. The van der Waals surface area contributed by atoms with E-state index in [1.54, 1.807) is 4.57 Å². The zero-order valence-corrected chi connectivity index (χ0v) is 10.3. The topological polar surface area (TPSA) is 22.0 Å². The van der Waals surface area contributed by atoms with Gasteiger partial charge in [-0.25, -0.2) is 0 Å². The third-order valence-electron chi connectivity index (χ3n) is 2.93. The quantitative estimate of drug-likeness (QED) is 0.782. The molecule has 0 amide bonds. The minimum absolute atomic E-state index is 0.142. The number of carbonyl (C=O) groups is 1. The number of aromatic nitrogens is 1. The van der Waals surface area contributed by atoms with Crippen molar-refractivity contribution in [1.29, 1.82) is 0 Å². The second-order valence-electron chi connectivity index (χ2n) is 4.07. The summed E-state index contributed by atoms with van der Waals surface area (Å²) >= 11 is 0. The first-order valence-electron chi connectivity index (χ1n) is 6.06. The largest absolute Gasteiger partial charge is 0.287 e. The number of hydrogen-bond acceptors (Lipinski definition) is 1. The molecule has 0 spiro atoms. The molecule has 0 fully saturated rings. The fourth-order valence-corrected chi connectivity index (χ4v) is 1.92. The maximum absolute atomic E-state index is 11.9. The van der Waals surface area contributed by atoms with Crippen LogP contribution in [0.25, 0.3) is 11.3 Å². The summed E-state index contributed by atoms with van der Waals surface area (Å²) in [5, 5.41) is 0. The average molecular weight is 227 g/mol. The van der Waals surface area contributed by atoms with E-state index in [4.69, 9.17) is 0 Å². The lowest BCUT2D eigenvalue weighted by Crippen LogP contribution is -2.08. The van der Waals surface area contributed by atoms with Crippen LogP contribution in [0.3, 0.4) is 0 Å². The Bertz CT molecular complexity index is 511. The van der Waals surface area contributed by atoms with Crippen molar-refractivity contribution in [3.63, 3.8) is 0 Å². The van der Waals surface area contributed by atoms with Crippen LogP contribution in [0.15, 0.2) is 42.6 Å². The van der Waals surface area contributed by atoms with Crippen molar-refractivity contribution >= 4 is 5.91 Å². The van der Waals surface area contributed by atoms with Crippen LogP contribution < -0.4 is 0 Å². The van der Waals surface area contributed by atoms with Crippen molar-refractivity contribution in [1.82, 2.24) is 4.57 Å². The highest BCUT2D eigenvalue weighted by atomic mass is 16.2. The highest BCUT2D eigenvalue weighted by molar-refractivity contribution is 5.84. The van der Waals surface area contributed by atoms with E-state index in [1.807, 2.05) is 43.5 Å². The van der Waals surface area contributed by atoms with Gasteiger partial charge in [-0.2, -0.15) is 0 Å². The molecule has 2 heteroatoms. The molecule has 0 atom stereocenters. The SMILES string of the molecule is CCC(=O)n1cc(CC)cc1-c1ccccc1. The second-order valence-corrected chi connectivity index (χ2v) is 4.07. The molecule has 0 saturated carbocycles. The molecular formula is C15H17NO. The average Bonchev–Trinajstić information content (AvgIpc) is 2.83. The predicted molar refractivity (Wildman–Crippen MR) is 70.2 cm³/mol. The normalized spacial score (nSPS) is 10.5. The van der Waals surface area contributed by atoms with Crippen LogP contribution >= 0.6 is 0 Å². The number of aryl methyl sites for hydroxylation is 1. The molecule has 0 N–H and O–H groups in total. The molecule has 88 valence electrons. The Hall–Kier alpha value is -1.83. The molecule has 0 saturated heterocycles. The third kappa shape index (κ3) is 2.31.